The van der Waals surface area contributed by atoms with E-state index in [0.29, 0.717) is 24.7 Å². The van der Waals surface area contributed by atoms with Crippen molar-refractivity contribution in [2.75, 3.05) is 30.2 Å². The summed E-state index contributed by atoms with van der Waals surface area (Å²) < 4.78 is 11.1. The molecule has 2 aromatic carbocycles. The molecule has 37 heavy (non-hydrogen) atoms. The highest BCUT2D eigenvalue weighted by molar-refractivity contribution is 8.00. The second-order valence-electron chi connectivity index (χ2n) is 10.2. The van der Waals surface area contributed by atoms with Crippen molar-refractivity contribution in [2.45, 2.75) is 63.8 Å². The predicted molar refractivity (Wildman–Crippen MR) is 151 cm³/mol. The van der Waals surface area contributed by atoms with Gasteiger partial charge in [0, 0.05) is 43.0 Å². The highest BCUT2D eigenvalue weighted by atomic mass is 32.2. The van der Waals surface area contributed by atoms with Gasteiger partial charge in [0.2, 0.25) is 0 Å². The molecule has 0 saturated carbocycles. The molecule has 1 fully saturated rings. The Kier molecular flexibility index (Phi) is 8.39. The van der Waals surface area contributed by atoms with Crippen molar-refractivity contribution in [3.63, 3.8) is 0 Å². The first kappa shape index (κ1) is 26.1. The number of ether oxygens (including phenoxy) is 1. The molecular formula is C29H38N4O3S. The van der Waals surface area contributed by atoms with Crippen LogP contribution in [0.25, 0.3) is 10.9 Å². The average molecular weight is 523 g/mol. The van der Waals surface area contributed by atoms with Crippen molar-refractivity contribution < 1.29 is 14.6 Å². The van der Waals surface area contributed by atoms with Crippen molar-refractivity contribution in [1.82, 2.24) is 15.2 Å². The fraction of sp³-hybridized carbons (Fsp3) is 0.483. The molecule has 0 radical (unpaired) electrons. The monoisotopic (exact) mass is 522 g/mol. The second-order valence-corrected chi connectivity index (χ2v) is 11.0. The molecule has 0 aliphatic carbocycles. The predicted octanol–water partition coefficient (Wildman–Crippen LogP) is 4.31. The standard InChI is InChI=1S/C29H38N4O3S/c1-3-21-9-10-24-28-23(21)16-26(33(28)19(2)18-37-32-24)29(35)31-25(15-20-7-5-4-6-8-20)27(34)17-30-22-11-13-36-14-12-22/h4-10,16,19,22,25,27,30,32,34H,3,11-15,17-18H2,1-2H3,(H,31,35)/t19?,25-,27+/m0/s1. The third-order valence-corrected chi connectivity index (χ3v) is 8.58. The minimum absolute atomic E-state index is 0.144. The number of aromatic nitrogens is 1. The van der Waals surface area contributed by atoms with Crippen LogP contribution in [0, 0.1) is 0 Å². The van der Waals surface area contributed by atoms with E-state index in [-0.39, 0.29) is 11.9 Å². The van der Waals surface area contributed by atoms with Crippen LogP contribution in [0.4, 0.5) is 5.69 Å². The van der Waals surface area contributed by atoms with Gasteiger partial charge in [-0.15, -0.1) is 0 Å². The molecule has 8 heteroatoms. The first-order valence-electron chi connectivity index (χ1n) is 13.4. The molecular weight excluding hydrogens is 484 g/mol. The number of hydrogen-bond donors (Lipinski definition) is 4. The Bertz CT molecular complexity index is 1210. The van der Waals surface area contributed by atoms with Crippen molar-refractivity contribution >= 4 is 34.4 Å². The van der Waals surface area contributed by atoms with Crippen LogP contribution in [-0.4, -0.2) is 59.3 Å². The Labute approximate surface area is 223 Å². The van der Waals surface area contributed by atoms with Crippen LogP contribution in [0.1, 0.15) is 54.3 Å². The summed E-state index contributed by atoms with van der Waals surface area (Å²) in [6.07, 6.45) is 2.61. The summed E-state index contributed by atoms with van der Waals surface area (Å²) in [7, 11) is 0. The van der Waals surface area contributed by atoms with Crippen molar-refractivity contribution in [2.24, 2.45) is 0 Å². The van der Waals surface area contributed by atoms with Crippen LogP contribution in [0.5, 0.6) is 0 Å². The number of aliphatic hydroxyl groups is 1. The Balaban J connectivity index is 1.42. The van der Waals surface area contributed by atoms with Gasteiger partial charge in [0.15, 0.2) is 0 Å². The van der Waals surface area contributed by atoms with E-state index in [1.165, 1.54) is 5.56 Å². The quantitative estimate of drug-likeness (QED) is 0.313. The number of anilines is 1. The lowest BCUT2D eigenvalue weighted by Gasteiger charge is -2.29. The number of amides is 1. The molecule has 4 N–H and O–H groups in total. The molecule has 2 aliphatic heterocycles. The molecule has 198 valence electrons. The minimum atomic E-state index is -0.725. The van der Waals surface area contributed by atoms with Gasteiger partial charge in [0.1, 0.15) is 5.69 Å². The van der Waals surface area contributed by atoms with Crippen LogP contribution >= 0.6 is 11.9 Å². The van der Waals surface area contributed by atoms with Crippen LogP contribution in [-0.2, 0) is 17.6 Å². The summed E-state index contributed by atoms with van der Waals surface area (Å²) in [6, 6.07) is 16.4. The largest absolute Gasteiger partial charge is 0.390 e. The first-order chi connectivity index (χ1) is 18.0. The summed E-state index contributed by atoms with van der Waals surface area (Å²) in [5.74, 6) is 0.708. The maximum Gasteiger partial charge on any atom is 0.268 e. The zero-order valence-electron chi connectivity index (χ0n) is 21.7. The summed E-state index contributed by atoms with van der Waals surface area (Å²) in [6.45, 7) is 6.22. The van der Waals surface area contributed by atoms with E-state index in [2.05, 4.69) is 45.9 Å². The van der Waals surface area contributed by atoms with Gasteiger partial charge in [0.05, 0.1) is 23.3 Å². The maximum atomic E-state index is 13.9. The fourth-order valence-corrected chi connectivity index (χ4v) is 6.25. The van der Waals surface area contributed by atoms with E-state index in [0.717, 1.165) is 60.4 Å². The van der Waals surface area contributed by atoms with Crippen LogP contribution in [0.15, 0.2) is 48.5 Å². The van der Waals surface area contributed by atoms with E-state index >= 15 is 0 Å². The first-order valence-corrected chi connectivity index (χ1v) is 14.4. The topological polar surface area (TPSA) is 87.6 Å². The van der Waals surface area contributed by atoms with Crippen molar-refractivity contribution in [3.8, 4) is 0 Å². The molecule has 0 bridgehead atoms. The fourth-order valence-electron chi connectivity index (χ4n) is 5.46. The SMILES string of the molecule is CCc1ccc2c3c1cc(C(=O)N[C@@H](Cc1ccccc1)[C@H](O)CNC1CCOCC1)n3C(C)CSN2. The highest BCUT2D eigenvalue weighted by Crippen LogP contribution is 2.37. The van der Waals surface area contributed by atoms with Crippen molar-refractivity contribution in [1.29, 1.82) is 0 Å². The average Bonchev–Trinajstić information content (AvgIpc) is 3.26. The summed E-state index contributed by atoms with van der Waals surface area (Å²) in [5.41, 5.74) is 5.09. The Hall–Kier alpha value is -2.52. The zero-order chi connectivity index (χ0) is 25.8. The number of rotatable bonds is 9. The Morgan fingerprint density at radius 2 is 2.00 bits per heavy atom. The molecule has 1 unspecified atom stereocenters. The molecule has 2 aliphatic rings. The molecule has 1 saturated heterocycles. The van der Waals surface area contributed by atoms with Crippen LogP contribution in [0.2, 0.25) is 0 Å². The number of nitrogens with one attached hydrogen (secondary N) is 3. The lowest BCUT2D eigenvalue weighted by Crippen LogP contribution is -2.51. The lowest BCUT2D eigenvalue weighted by molar-refractivity contribution is 0.0655. The van der Waals surface area contributed by atoms with Gasteiger partial charge >= 0.3 is 0 Å². The molecule has 3 aromatic rings. The molecule has 1 amide bonds. The van der Waals surface area contributed by atoms with Gasteiger partial charge in [0.25, 0.3) is 5.91 Å². The van der Waals surface area contributed by atoms with Gasteiger partial charge < -0.3 is 29.8 Å². The van der Waals surface area contributed by atoms with Gasteiger partial charge in [-0.3, -0.25) is 4.79 Å². The molecule has 0 spiro atoms. The number of carbonyl (C=O) groups is 1. The third-order valence-electron chi connectivity index (χ3n) is 7.57. The van der Waals surface area contributed by atoms with E-state index in [1.54, 1.807) is 11.9 Å². The number of aliphatic hydroxyl groups excluding tert-OH is 1. The van der Waals surface area contributed by atoms with E-state index in [9.17, 15) is 9.90 Å². The van der Waals surface area contributed by atoms with Crippen LogP contribution in [0.3, 0.4) is 0 Å². The van der Waals surface area contributed by atoms with Gasteiger partial charge in [-0.05, 0) is 55.9 Å². The van der Waals surface area contributed by atoms with E-state index in [4.69, 9.17) is 4.74 Å². The summed E-state index contributed by atoms with van der Waals surface area (Å²) in [4.78, 5) is 13.9. The molecule has 3 atom stereocenters. The van der Waals surface area contributed by atoms with Gasteiger partial charge in [-0.25, -0.2) is 0 Å². The number of hydrogen-bond acceptors (Lipinski definition) is 6. The minimum Gasteiger partial charge on any atom is -0.390 e. The molecule has 3 heterocycles. The number of aryl methyl sites for hydroxylation is 1. The van der Waals surface area contributed by atoms with Gasteiger partial charge in [-0.2, -0.15) is 0 Å². The Morgan fingerprint density at radius 1 is 1.22 bits per heavy atom. The van der Waals surface area contributed by atoms with Gasteiger partial charge in [-0.1, -0.05) is 55.3 Å². The summed E-state index contributed by atoms with van der Waals surface area (Å²) >= 11 is 1.67. The van der Waals surface area contributed by atoms with E-state index in [1.807, 2.05) is 36.4 Å². The third kappa shape index (κ3) is 5.82. The van der Waals surface area contributed by atoms with E-state index < -0.39 is 12.1 Å². The van der Waals surface area contributed by atoms with Crippen LogP contribution < -0.4 is 15.4 Å². The number of carbonyl (C=O) groups excluding carboxylic acids is 1. The normalized spacial score (nSPS) is 19.7. The highest BCUT2D eigenvalue weighted by Gasteiger charge is 2.29. The molecule has 5 rings (SSSR count). The maximum absolute atomic E-state index is 13.9. The lowest BCUT2D eigenvalue weighted by atomic mass is 10.00. The summed E-state index contributed by atoms with van der Waals surface area (Å²) in [5, 5.41) is 19.1. The smallest absolute Gasteiger partial charge is 0.268 e. The zero-order valence-corrected chi connectivity index (χ0v) is 22.5. The molecule has 7 nitrogen and oxygen atoms in total. The number of nitrogens with zero attached hydrogens (tertiary/aromatic N) is 1. The second kappa shape index (κ2) is 11.9. The molecule has 1 aromatic heterocycles. The Morgan fingerprint density at radius 3 is 2.76 bits per heavy atom. The van der Waals surface area contributed by atoms with Crippen molar-refractivity contribution in [3.05, 3.63) is 65.4 Å². The number of benzene rings is 2.